The minimum Gasteiger partial charge on any atom is -0.497 e. The highest BCUT2D eigenvalue weighted by atomic mass is 32.1. The van der Waals surface area contributed by atoms with Crippen LogP contribution >= 0.6 is 11.3 Å². The molecular weight excluding hydrogens is 342 g/mol. The number of hydrogen-bond donors (Lipinski definition) is 1. The molecular formula is C19H19F2N2OS+. The van der Waals surface area contributed by atoms with Crippen molar-refractivity contribution < 1.29 is 18.5 Å². The molecule has 6 heteroatoms. The smallest absolute Gasteiger partial charge is 0.329 e. The van der Waals surface area contributed by atoms with Crippen molar-refractivity contribution in [2.24, 2.45) is 0 Å². The Labute approximate surface area is 149 Å². The van der Waals surface area contributed by atoms with Gasteiger partial charge in [0.2, 0.25) is 0 Å². The Morgan fingerprint density at radius 3 is 2.44 bits per heavy atom. The second-order valence-electron chi connectivity index (χ2n) is 5.88. The maximum absolute atomic E-state index is 13.5. The second-order valence-corrected chi connectivity index (χ2v) is 6.79. The zero-order valence-corrected chi connectivity index (χ0v) is 14.6. The molecule has 2 aromatic carbocycles. The predicted octanol–water partition coefficient (Wildman–Crippen LogP) is 4.00. The van der Waals surface area contributed by atoms with Gasteiger partial charge >= 0.3 is 5.13 Å². The highest BCUT2D eigenvalue weighted by molar-refractivity contribution is 7.13. The van der Waals surface area contributed by atoms with E-state index in [2.05, 4.69) is 4.98 Å². The molecule has 1 atom stereocenters. The minimum absolute atomic E-state index is 0.0982. The molecule has 0 saturated heterocycles. The first-order valence-corrected chi connectivity index (χ1v) is 8.76. The highest BCUT2D eigenvalue weighted by Gasteiger charge is 2.18. The number of anilines is 1. The molecule has 0 spiro atoms. The Balaban J connectivity index is 1.87. The standard InChI is InChI=1S/C19H18F2N2OS/c1-24-16-5-3-13(4-6-16)14(10-15-11-25-19(22)23-15)8-12-2-7-17(20)18(21)9-12/h2-7,9,11,14H,8,10H2,1H3,(H2,22,23)/p+1. The first-order chi connectivity index (χ1) is 12.0. The van der Waals surface area contributed by atoms with Crippen LogP contribution in [0.5, 0.6) is 5.75 Å². The number of halogens is 2. The number of rotatable bonds is 6. The normalized spacial score (nSPS) is 12.1. The van der Waals surface area contributed by atoms with Gasteiger partial charge in [-0.2, -0.15) is 0 Å². The molecule has 3 N–H and O–H groups in total. The largest absolute Gasteiger partial charge is 0.497 e. The van der Waals surface area contributed by atoms with E-state index in [1.807, 2.05) is 29.6 Å². The van der Waals surface area contributed by atoms with E-state index in [1.165, 1.54) is 23.5 Å². The van der Waals surface area contributed by atoms with Crippen LogP contribution in [0.15, 0.2) is 47.8 Å². The molecule has 3 nitrogen and oxygen atoms in total. The maximum atomic E-state index is 13.5. The van der Waals surface area contributed by atoms with Crippen LogP contribution in [-0.2, 0) is 12.8 Å². The summed E-state index contributed by atoms with van der Waals surface area (Å²) in [6, 6.07) is 11.9. The average molecular weight is 361 g/mol. The molecule has 25 heavy (non-hydrogen) atoms. The molecule has 0 aliphatic rings. The van der Waals surface area contributed by atoms with Crippen molar-refractivity contribution in [3.8, 4) is 5.75 Å². The van der Waals surface area contributed by atoms with E-state index in [4.69, 9.17) is 10.5 Å². The maximum Gasteiger partial charge on any atom is 0.329 e. The van der Waals surface area contributed by atoms with E-state index in [0.29, 0.717) is 11.6 Å². The van der Waals surface area contributed by atoms with Crippen LogP contribution in [0.25, 0.3) is 0 Å². The van der Waals surface area contributed by atoms with Crippen LogP contribution in [0.3, 0.4) is 0 Å². The molecule has 0 saturated carbocycles. The Bertz CT molecular complexity index is 849. The number of nitrogens with one attached hydrogen (secondary N) is 1. The Morgan fingerprint density at radius 2 is 1.84 bits per heavy atom. The molecule has 130 valence electrons. The van der Waals surface area contributed by atoms with Crippen molar-refractivity contribution in [3.05, 3.63) is 76.3 Å². The van der Waals surface area contributed by atoms with Crippen LogP contribution in [0.2, 0.25) is 0 Å². The topological polar surface area (TPSA) is 49.4 Å². The second kappa shape index (κ2) is 7.61. The van der Waals surface area contributed by atoms with Crippen molar-refractivity contribution >= 4 is 16.5 Å². The summed E-state index contributed by atoms with van der Waals surface area (Å²) in [4.78, 5) is 3.14. The Morgan fingerprint density at radius 1 is 1.08 bits per heavy atom. The molecule has 0 aliphatic carbocycles. The molecule has 1 aromatic heterocycles. The third-order valence-electron chi connectivity index (χ3n) is 4.13. The van der Waals surface area contributed by atoms with Gasteiger partial charge < -0.3 is 4.74 Å². The number of nitrogen functional groups attached to an aromatic ring is 1. The van der Waals surface area contributed by atoms with Gasteiger partial charge in [0, 0.05) is 11.8 Å². The number of hydrogen-bond acceptors (Lipinski definition) is 3. The van der Waals surface area contributed by atoms with E-state index in [0.717, 1.165) is 29.0 Å². The third-order valence-corrected chi connectivity index (χ3v) is 4.89. The van der Waals surface area contributed by atoms with Gasteiger partial charge in [0.05, 0.1) is 7.11 Å². The van der Waals surface area contributed by atoms with Gasteiger partial charge in [0.15, 0.2) is 11.6 Å². The molecule has 1 heterocycles. The molecule has 0 radical (unpaired) electrons. The van der Waals surface area contributed by atoms with Crippen molar-refractivity contribution in [1.82, 2.24) is 0 Å². The quantitative estimate of drug-likeness (QED) is 0.721. The number of thiazole rings is 1. The first kappa shape index (κ1) is 17.4. The van der Waals surface area contributed by atoms with Crippen LogP contribution < -0.4 is 15.5 Å². The number of H-pyrrole nitrogens is 1. The van der Waals surface area contributed by atoms with Gasteiger partial charge in [-0.3, -0.25) is 5.73 Å². The molecule has 0 bridgehead atoms. The lowest BCUT2D eigenvalue weighted by Gasteiger charge is -2.17. The SMILES string of the molecule is COc1ccc(C(Cc2ccc(F)c(F)c2)Cc2csc(N)[nH+]2)cc1. The van der Waals surface area contributed by atoms with Gasteiger partial charge in [-0.05, 0) is 47.7 Å². The fourth-order valence-electron chi connectivity index (χ4n) is 2.85. The third kappa shape index (κ3) is 4.33. The number of methoxy groups -OCH3 is 1. The summed E-state index contributed by atoms with van der Waals surface area (Å²) in [6.45, 7) is 0. The average Bonchev–Trinajstić information content (AvgIpc) is 3.02. The van der Waals surface area contributed by atoms with E-state index < -0.39 is 11.6 Å². The van der Waals surface area contributed by atoms with Crippen molar-refractivity contribution in [3.63, 3.8) is 0 Å². The number of nitrogens with two attached hydrogens (primary N) is 1. The molecule has 1 unspecified atom stereocenters. The fourth-order valence-corrected chi connectivity index (χ4v) is 3.47. The summed E-state index contributed by atoms with van der Waals surface area (Å²) in [5.41, 5.74) is 8.65. The number of aromatic amines is 1. The Kier molecular flexibility index (Phi) is 5.28. The minimum atomic E-state index is -0.830. The highest BCUT2D eigenvalue weighted by Crippen LogP contribution is 2.27. The van der Waals surface area contributed by atoms with Crippen LogP contribution in [0, 0.1) is 11.6 Å². The molecule has 3 rings (SSSR count). The predicted molar refractivity (Wildman–Crippen MR) is 94.8 cm³/mol. The summed E-state index contributed by atoms with van der Waals surface area (Å²) >= 11 is 1.45. The van der Waals surface area contributed by atoms with Crippen LogP contribution in [-0.4, -0.2) is 7.11 Å². The van der Waals surface area contributed by atoms with Crippen LogP contribution in [0.4, 0.5) is 13.9 Å². The summed E-state index contributed by atoms with van der Waals surface area (Å²) in [7, 11) is 1.62. The van der Waals surface area contributed by atoms with Crippen molar-refractivity contribution in [2.45, 2.75) is 18.8 Å². The van der Waals surface area contributed by atoms with Gasteiger partial charge in [-0.1, -0.05) is 29.5 Å². The fraction of sp³-hybridized carbons (Fsp3) is 0.211. The molecule has 0 amide bonds. The van der Waals surface area contributed by atoms with E-state index in [1.54, 1.807) is 13.2 Å². The van der Waals surface area contributed by atoms with E-state index in [9.17, 15) is 8.78 Å². The van der Waals surface area contributed by atoms with Gasteiger partial charge in [0.25, 0.3) is 0 Å². The van der Waals surface area contributed by atoms with Gasteiger partial charge in [-0.25, -0.2) is 13.8 Å². The summed E-state index contributed by atoms with van der Waals surface area (Å²) in [5, 5.41) is 2.63. The number of aromatic nitrogens is 1. The Hall–Kier alpha value is -2.47. The zero-order chi connectivity index (χ0) is 17.8. The van der Waals surface area contributed by atoms with Crippen molar-refractivity contribution in [1.29, 1.82) is 0 Å². The lowest BCUT2D eigenvalue weighted by molar-refractivity contribution is -0.367. The lowest BCUT2D eigenvalue weighted by Crippen LogP contribution is -2.15. The van der Waals surface area contributed by atoms with Gasteiger partial charge in [-0.15, -0.1) is 0 Å². The zero-order valence-electron chi connectivity index (χ0n) is 13.8. The number of ether oxygens (including phenoxy) is 1. The summed E-state index contributed by atoms with van der Waals surface area (Å²) in [6.07, 6.45) is 1.31. The monoisotopic (exact) mass is 361 g/mol. The number of benzene rings is 2. The van der Waals surface area contributed by atoms with Crippen LogP contribution in [0.1, 0.15) is 22.7 Å². The van der Waals surface area contributed by atoms with Gasteiger partial charge in [0.1, 0.15) is 11.4 Å². The van der Waals surface area contributed by atoms with Crippen molar-refractivity contribution in [2.75, 3.05) is 12.8 Å². The summed E-state index contributed by atoms with van der Waals surface area (Å²) < 4.78 is 31.9. The van der Waals surface area contributed by atoms with E-state index >= 15 is 0 Å². The first-order valence-electron chi connectivity index (χ1n) is 7.88. The summed E-state index contributed by atoms with van der Waals surface area (Å²) in [5.74, 6) is -0.774. The lowest BCUT2D eigenvalue weighted by atomic mass is 9.88. The molecule has 0 fully saturated rings. The molecule has 0 aliphatic heterocycles. The van der Waals surface area contributed by atoms with E-state index in [-0.39, 0.29) is 5.92 Å². The molecule has 3 aromatic rings.